The molecule has 0 unspecified atom stereocenters. The second-order valence-electron chi connectivity index (χ2n) is 5.43. The molecule has 0 bridgehead atoms. The zero-order valence-electron chi connectivity index (χ0n) is 13.2. The van der Waals surface area contributed by atoms with Crippen molar-refractivity contribution >= 4 is 16.0 Å². The first-order valence-corrected chi connectivity index (χ1v) is 8.89. The Labute approximate surface area is 148 Å². The third kappa shape index (κ3) is 3.79. The molecule has 3 N–H and O–H groups in total. The normalized spacial score (nSPS) is 11.5. The average molecular weight is 376 g/mol. The number of hydrogen-bond acceptors (Lipinski definition) is 5. The molecule has 0 amide bonds. The second-order valence-corrected chi connectivity index (χ2v) is 6.99. The second kappa shape index (κ2) is 6.70. The van der Waals surface area contributed by atoms with Gasteiger partial charge in [-0.3, -0.25) is 4.79 Å². The molecule has 0 atom stereocenters. The van der Waals surface area contributed by atoms with E-state index < -0.39 is 28.2 Å². The third-order valence-electron chi connectivity index (χ3n) is 3.54. The van der Waals surface area contributed by atoms with Crippen LogP contribution < -0.4 is 5.14 Å². The van der Waals surface area contributed by atoms with Crippen molar-refractivity contribution in [3.05, 3.63) is 60.2 Å². The van der Waals surface area contributed by atoms with E-state index in [0.29, 0.717) is 16.8 Å². The number of carbonyl (C=O) groups is 1. The molecule has 1 aromatic heterocycles. The molecule has 26 heavy (non-hydrogen) atoms. The summed E-state index contributed by atoms with van der Waals surface area (Å²) in [5.74, 6) is -1.33. The van der Waals surface area contributed by atoms with Crippen molar-refractivity contribution in [2.45, 2.75) is 11.3 Å². The summed E-state index contributed by atoms with van der Waals surface area (Å²) in [6, 6.07) is 11.0. The Morgan fingerprint density at radius 2 is 1.65 bits per heavy atom. The van der Waals surface area contributed by atoms with Crippen LogP contribution in [0.3, 0.4) is 0 Å². The minimum absolute atomic E-state index is 0.0256. The van der Waals surface area contributed by atoms with Crippen molar-refractivity contribution in [3.8, 4) is 22.6 Å². The van der Waals surface area contributed by atoms with Crippen LogP contribution in [-0.4, -0.2) is 24.5 Å². The molecule has 1 heterocycles. The minimum atomic E-state index is -3.85. The van der Waals surface area contributed by atoms with Crippen molar-refractivity contribution in [1.29, 1.82) is 0 Å². The van der Waals surface area contributed by atoms with Crippen molar-refractivity contribution in [2.24, 2.45) is 5.14 Å². The number of aliphatic carboxylic acids is 1. The van der Waals surface area contributed by atoms with Crippen LogP contribution in [0.25, 0.3) is 22.6 Å². The standard InChI is InChI=1S/C17H13FN2O5S/c18-12-5-1-10(2-6-12)16-17(25-14(20-16)9-15(21)22)11-3-7-13(8-4-11)26(19,23)24/h1-8H,9H2,(H,21,22)(H2,19,23,24). The predicted octanol–water partition coefficient (Wildman–Crippen LogP) is 2.42. The molecule has 0 saturated carbocycles. The van der Waals surface area contributed by atoms with Crippen LogP contribution in [0.15, 0.2) is 57.8 Å². The summed E-state index contributed by atoms with van der Waals surface area (Å²) in [6.45, 7) is 0. The highest BCUT2D eigenvalue weighted by Crippen LogP contribution is 2.33. The molecule has 3 rings (SSSR count). The van der Waals surface area contributed by atoms with Crippen molar-refractivity contribution < 1.29 is 27.1 Å². The number of benzene rings is 2. The highest BCUT2D eigenvalue weighted by Gasteiger charge is 2.19. The molecule has 0 fully saturated rings. The topological polar surface area (TPSA) is 123 Å². The zero-order chi connectivity index (χ0) is 18.9. The SMILES string of the molecule is NS(=O)(=O)c1ccc(-c2oc(CC(=O)O)nc2-c2ccc(F)cc2)cc1. The van der Waals surface area contributed by atoms with Gasteiger partial charge < -0.3 is 9.52 Å². The summed E-state index contributed by atoms with van der Waals surface area (Å²) >= 11 is 0. The molecule has 3 aromatic rings. The van der Waals surface area contributed by atoms with Gasteiger partial charge in [-0.2, -0.15) is 0 Å². The molecule has 0 saturated heterocycles. The summed E-state index contributed by atoms with van der Waals surface area (Å²) in [4.78, 5) is 15.0. The van der Waals surface area contributed by atoms with Crippen LogP contribution in [0.5, 0.6) is 0 Å². The monoisotopic (exact) mass is 376 g/mol. The quantitative estimate of drug-likeness (QED) is 0.705. The first kappa shape index (κ1) is 17.8. The van der Waals surface area contributed by atoms with Crippen LogP contribution in [0.2, 0.25) is 0 Å². The maximum atomic E-state index is 13.2. The van der Waals surface area contributed by atoms with E-state index in [4.69, 9.17) is 14.7 Å². The van der Waals surface area contributed by atoms with Crippen LogP contribution in [0.4, 0.5) is 4.39 Å². The first-order valence-electron chi connectivity index (χ1n) is 7.35. The molecule has 2 aromatic carbocycles. The Hall–Kier alpha value is -3.04. The van der Waals surface area contributed by atoms with Gasteiger partial charge in [0.25, 0.3) is 0 Å². The van der Waals surface area contributed by atoms with E-state index in [-0.39, 0.29) is 16.5 Å². The number of sulfonamides is 1. The van der Waals surface area contributed by atoms with Gasteiger partial charge in [0.15, 0.2) is 5.76 Å². The molecular weight excluding hydrogens is 363 g/mol. The van der Waals surface area contributed by atoms with Crippen LogP contribution in [-0.2, 0) is 21.2 Å². The molecule has 0 aliphatic heterocycles. The van der Waals surface area contributed by atoms with Gasteiger partial charge in [0.1, 0.15) is 17.9 Å². The largest absolute Gasteiger partial charge is 0.481 e. The van der Waals surface area contributed by atoms with Gasteiger partial charge in [-0.05, 0) is 48.5 Å². The number of rotatable bonds is 5. The van der Waals surface area contributed by atoms with Crippen LogP contribution in [0.1, 0.15) is 5.89 Å². The highest BCUT2D eigenvalue weighted by atomic mass is 32.2. The first-order chi connectivity index (χ1) is 12.2. The number of carboxylic acid groups (broad SMARTS) is 1. The van der Waals surface area contributed by atoms with Crippen LogP contribution in [0, 0.1) is 5.82 Å². The molecule has 0 aliphatic rings. The summed E-state index contributed by atoms with van der Waals surface area (Å²) in [5.41, 5.74) is 1.32. The van der Waals surface area contributed by atoms with Gasteiger partial charge in [0.2, 0.25) is 15.9 Å². The number of oxazole rings is 1. The molecule has 134 valence electrons. The Bertz CT molecular complexity index is 1060. The smallest absolute Gasteiger partial charge is 0.312 e. The Balaban J connectivity index is 2.11. The Morgan fingerprint density at radius 3 is 2.19 bits per heavy atom. The third-order valence-corrected chi connectivity index (χ3v) is 4.47. The van der Waals surface area contributed by atoms with E-state index in [9.17, 15) is 17.6 Å². The number of carboxylic acids is 1. The van der Waals surface area contributed by atoms with E-state index in [1.165, 1.54) is 48.5 Å². The van der Waals surface area contributed by atoms with Gasteiger partial charge in [-0.1, -0.05) is 0 Å². The maximum absolute atomic E-state index is 13.2. The highest BCUT2D eigenvalue weighted by molar-refractivity contribution is 7.89. The number of halogens is 1. The maximum Gasteiger partial charge on any atom is 0.312 e. The lowest BCUT2D eigenvalue weighted by Crippen LogP contribution is -2.11. The van der Waals surface area contributed by atoms with Gasteiger partial charge >= 0.3 is 5.97 Å². The molecule has 0 radical (unpaired) electrons. The predicted molar refractivity (Wildman–Crippen MR) is 90.0 cm³/mol. The molecule has 7 nitrogen and oxygen atoms in total. The number of primary sulfonamides is 1. The average Bonchev–Trinajstić information content (AvgIpc) is 2.98. The molecule has 0 aliphatic carbocycles. The lowest BCUT2D eigenvalue weighted by atomic mass is 10.1. The fourth-order valence-electron chi connectivity index (χ4n) is 2.36. The Kier molecular flexibility index (Phi) is 4.58. The lowest BCUT2D eigenvalue weighted by Gasteiger charge is -2.03. The number of aromatic nitrogens is 1. The summed E-state index contributed by atoms with van der Waals surface area (Å²) in [5, 5.41) is 14.0. The summed E-state index contributed by atoms with van der Waals surface area (Å²) in [7, 11) is -3.85. The molecule has 0 spiro atoms. The fourth-order valence-corrected chi connectivity index (χ4v) is 2.88. The number of hydrogen-bond donors (Lipinski definition) is 2. The molecule has 9 heteroatoms. The zero-order valence-corrected chi connectivity index (χ0v) is 14.0. The van der Waals surface area contributed by atoms with Gasteiger partial charge in [0, 0.05) is 11.1 Å². The number of nitrogens with zero attached hydrogens (tertiary/aromatic N) is 1. The van der Waals surface area contributed by atoms with E-state index in [1.54, 1.807) is 0 Å². The molecular formula is C17H13FN2O5S. The van der Waals surface area contributed by atoms with Gasteiger partial charge in [-0.25, -0.2) is 22.9 Å². The van der Waals surface area contributed by atoms with E-state index >= 15 is 0 Å². The van der Waals surface area contributed by atoms with Crippen LogP contribution >= 0.6 is 0 Å². The lowest BCUT2D eigenvalue weighted by molar-refractivity contribution is -0.136. The van der Waals surface area contributed by atoms with Crippen molar-refractivity contribution in [1.82, 2.24) is 4.98 Å². The fraction of sp³-hybridized carbons (Fsp3) is 0.0588. The van der Waals surface area contributed by atoms with Crippen molar-refractivity contribution in [3.63, 3.8) is 0 Å². The minimum Gasteiger partial charge on any atom is -0.481 e. The Morgan fingerprint density at radius 1 is 1.08 bits per heavy atom. The summed E-state index contributed by atoms with van der Waals surface area (Å²) in [6.07, 6.45) is -0.427. The van der Waals surface area contributed by atoms with E-state index in [2.05, 4.69) is 4.98 Å². The number of nitrogens with two attached hydrogens (primary N) is 1. The van der Waals surface area contributed by atoms with Gasteiger partial charge in [-0.15, -0.1) is 0 Å². The van der Waals surface area contributed by atoms with E-state index in [0.717, 1.165) is 0 Å². The van der Waals surface area contributed by atoms with Crippen molar-refractivity contribution in [2.75, 3.05) is 0 Å². The van der Waals surface area contributed by atoms with E-state index in [1.807, 2.05) is 0 Å². The van der Waals surface area contributed by atoms with Gasteiger partial charge in [0.05, 0.1) is 4.90 Å². The summed E-state index contributed by atoms with van der Waals surface area (Å²) < 4.78 is 41.5.